The molecule has 0 bridgehead atoms. The molecule has 2 aliphatic carbocycles. The molecule has 0 spiro atoms. The first-order chi connectivity index (χ1) is 9.46. The molecule has 0 saturated carbocycles. The van der Waals surface area contributed by atoms with E-state index in [0.717, 1.165) is 24.4 Å². The summed E-state index contributed by atoms with van der Waals surface area (Å²) in [5.74, 6) is 1.34. The highest BCUT2D eigenvalue weighted by Crippen LogP contribution is 2.56. The molecule has 0 unspecified atom stereocenters. The van der Waals surface area contributed by atoms with E-state index in [0.29, 0.717) is 12.2 Å². The molecule has 0 amide bonds. The van der Waals surface area contributed by atoms with Gasteiger partial charge in [0.15, 0.2) is 0 Å². The standard InChI is InChI=1S/C17H22N2O/c1-5-12(20)10-15-18-13-8-6-7-9-14(13)19(15)16-11(2)17(16,3)4/h5-6,8,20H,7,9-10H2,1-4H3/b12-5+. The second-order valence-electron chi connectivity index (χ2n) is 6.19. The summed E-state index contributed by atoms with van der Waals surface area (Å²) >= 11 is 0. The topological polar surface area (TPSA) is 38.1 Å². The Morgan fingerprint density at radius 2 is 2.20 bits per heavy atom. The lowest BCUT2D eigenvalue weighted by Crippen LogP contribution is -2.08. The predicted molar refractivity (Wildman–Crippen MR) is 82.3 cm³/mol. The molecular weight excluding hydrogens is 248 g/mol. The molecule has 1 heterocycles. The number of nitrogens with zero attached hydrogens (tertiary/aromatic N) is 2. The fourth-order valence-electron chi connectivity index (χ4n) is 3.04. The first kappa shape index (κ1) is 13.2. The van der Waals surface area contributed by atoms with Crippen LogP contribution in [0.3, 0.4) is 0 Å². The van der Waals surface area contributed by atoms with Crippen molar-refractivity contribution in [3.8, 4) is 0 Å². The summed E-state index contributed by atoms with van der Waals surface area (Å²) in [5.41, 5.74) is 5.31. The fraction of sp³-hybridized carbons (Fsp3) is 0.471. The molecule has 0 fully saturated rings. The van der Waals surface area contributed by atoms with Crippen LogP contribution in [-0.2, 0) is 12.8 Å². The molecule has 1 aromatic rings. The lowest BCUT2D eigenvalue weighted by molar-refractivity contribution is 0.393. The van der Waals surface area contributed by atoms with E-state index in [9.17, 15) is 5.11 Å². The van der Waals surface area contributed by atoms with Gasteiger partial charge >= 0.3 is 0 Å². The van der Waals surface area contributed by atoms with E-state index in [-0.39, 0.29) is 5.41 Å². The summed E-state index contributed by atoms with van der Waals surface area (Å²) < 4.78 is 2.30. The van der Waals surface area contributed by atoms with Crippen LogP contribution >= 0.6 is 0 Å². The predicted octanol–water partition coefficient (Wildman–Crippen LogP) is 4.12. The lowest BCUT2D eigenvalue weighted by Gasteiger charge is -2.14. The van der Waals surface area contributed by atoms with Crippen LogP contribution in [0.25, 0.3) is 11.8 Å². The normalized spacial score (nSPS) is 20.3. The van der Waals surface area contributed by atoms with Gasteiger partial charge in [-0.2, -0.15) is 0 Å². The van der Waals surface area contributed by atoms with Gasteiger partial charge in [-0.05, 0) is 44.4 Å². The first-order valence-electron chi connectivity index (χ1n) is 7.30. The Kier molecular flexibility index (Phi) is 2.89. The molecule has 106 valence electrons. The summed E-state index contributed by atoms with van der Waals surface area (Å²) in [6.45, 7) is 8.55. The largest absolute Gasteiger partial charge is 0.512 e. The third-order valence-corrected chi connectivity index (χ3v) is 4.62. The maximum atomic E-state index is 9.87. The van der Waals surface area contributed by atoms with Crippen LogP contribution in [0.5, 0.6) is 0 Å². The maximum absolute atomic E-state index is 9.87. The third kappa shape index (κ3) is 1.84. The molecule has 3 nitrogen and oxygen atoms in total. The minimum Gasteiger partial charge on any atom is -0.512 e. The van der Waals surface area contributed by atoms with E-state index >= 15 is 0 Å². The van der Waals surface area contributed by atoms with Crippen molar-refractivity contribution in [2.24, 2.45) is 5.41 Å². The highest BCUT2D eigenvalue weighted by Gasteiger charge is 2.45. The van der Waals surface area contributed by atoms with Crippen molar-refractivity contribution in [2.45, 2.75) is 47.0 Å². The number of rotatable bonds is 3. The number of aliphatic hydroxyl groups excluding tert-OH is 1. The molecule has 0 saturated heterocycles. The Hall–Kier alpha value is -1.77. The van der Waals surface area contributed by atoms with Gasteiger partial charge in [0.1, 0.15) is 5.82 Å². The quantitative estimate of drug-likeness (QED) is 0.839. The second-order valence-corrected chi connectivity index (χ2v) is 6.19. The minimum atomic E-state index is 0.163. The molecule has 1 N–H and O–H groups in total. The number of hydrogen-bond acceptors (Lipinski definition) is 2. The molecule has 0 aromatic carbocycles. The number of hydrogen-bond donors (Lipinski definition) is 1. The van der Waals surface area contributed by atoms with Gasteiger partial charge < -0.3 is 9.67 Å². The van der Waals surface area contributed by atoms with Crippen LogP contribution in [0.4, 0.5) is 0 Å². The van der Waals surface area contributed by atoms with Crippen molar-refractivity contribution in [2.75, 3.05) is 0 Å². The average Bonchev–Trinajstić information content (AvgIpc) is 2.77. The second kappa shape index (κ2) is 4.37. The number of allylic oxidation sites excluding steroid dienone is 5. The maximum Gasteiger partial charge on any atom is 0.121 e. The smallest absolute Gasteiger partial charge is 0.121 e. The zero-order valence-corrected chi connectivity index (χ0v) is 12.7. The van der Waals surface area contributed by atoms with Gasteiger partial charge in [-0.15, -0.1) is 0 Å². The Labute approximate surface area is 120 Å². The monoisotopic (exact) mass is 270 g/mol. The van der Waals surface area contributed by atoms with Crippen molar-refractivity contribution >= 4 is 11.8 Å². The number of aromatic nitrogens is 2. The summed E-state index contributed by atoms with van der Waals surface area (Å²) in [4.78, 5) is 4.74. The van der Waals surface area contributed by atoms with Crippen molar-refractivity contribution < 1.29 is 5.11 Å². The van der Waals surface area contributed by atoms with Crippen LogP contribution in [0, 0.1) is 5.41 Å². The zero-order valence-electron chi connectivity index (χ0n) is 12.7. The molecule has 3 rings (SSSR count). The molecule has 20 heavy (non-hydrogen) atoms. The SMILES string of the molecule is C/C=C(/O)Cc1nc2c(n1C1=C(C)C1(C)C)CCC=C2. The Morgan fingerprint density at radius 3 is 2.80 bits per heavy atom. The van der Waals surface area contributed by atoms with Crippen molar-refractivity contribution in [1.82, 2.24) is 9.55 Å². The Balaban J connectivity index is 2.11. The summed E-state index contributed by atoms with van der Waals surface area (Å²) in [6.07, 6.45) is 8.63. The number of fused-ring (bicyclic) bond motifs is 1. The van der Waals surface area contributed by atoms with E-state index < -0.39 is 0 Å². The van der Waals surface area contributed by atoms with Gasteiger partial charge in [0.05, 0.1) is 23.6 Å². The summed E-state index contributed by atoms with van der Waals surface area (Å²) in [7, 11) is 0. The third-order valence-electron chi connectivity index (χ3n) is 4.62. The van der Waals surface area contributed by atoms with E-state index in [1.807, 2.05) is 6.92 Å². The summed E-state index contributed by atoms with van der Waals surface area (Å²) in [6, 6.07) is 0. The van der Waals surface area contributed by atoms with Crippen LogP contribution in [0.2, 0.25) is 0 Å². The van der Waals surface area contributed by atoms with E-state index in [4.69, 9.17) is 4.98 Å². The number of imidazole rings is 1. The van der Waals surface area contributed by atoms with Crippen molar-refractivity contribution in [3.63, 3.8) is 0 Å². The molecule has 0 radical (unpaired) electrons. The zero-order chi connectivity index (χ0) is 14.5. The molecule has 3 heteroatoms. The first-order valence-corrected chi connectivity index (χ1v) is 7.30. The number of aliphatic hydroxyl groups is 1. The lowest BCUT2D eigenvalue weighted by atomic mass is 10.1. The van der Waals surface area contributed by atoms with Crippen LogP contribution in [0.15, 0.2) is 23.5 Å². The highest BCUT2D eigenvalue weighted by atomic mass is 16.3. The average molecular weight is 270 g/mol. The molecule has 2 aliphatic rings. The van der Waals surface area contributed by atoms with Gasteiger partial charge in [0.25, 0.3) is 0 Å². The van der Waals surface area contributed by atoms with Crippen LogP contribution < -0.4 is 0 Å². The molecule has 1 aromatic heterocycles. The summed E-state index contributed by atoms with van der Waals surface area (Å²) in [5, 5.41) is 9.87. The van der Waals surface area contributed by atoms with Crippen molar-refractivity contribution in [1.29, 1.82) is 0 Å². The van der Waals surface area contributed by atoms with E-state index in [2.05, 4.69) is 37.5 Å². The molecule has 0 atom stereocenters. The van der Waals surface area contributed by atoms with Crippen LogP contribution in [-0.4, -0.2) is 14.7 Å². The van der Waals surface area contributed by atoms with Crippen molar-refractivity contribution in [3.05, 3.63) is 40.7 Å². The van der Waals surface area contributed by atoms with E-state index in [1.54, 1.807) is 6.08 Å². The van der Waals surface area contributed by atoms with Crippen LogP contribution in [0.1, 0.15) is 51.3 Å². The fourth-order valence-corrected chi connectivity index (χ4v) is 3.04. The molecule has 0 aliphatic heterocycles. The molecular formula is C17H22N2O. The van der Waals surface area contributed by atoms with Gasteiger partial charge in [0.2, 0.25) is 0 Å². The van der Waals surface area contributed by atoms with Gasteiger partial charge in [0, 0.05) is 11.1 Å². The Morgan fingerprint density at radius 1 is 1.50 bits per heavy atom. The van der Waals surface area contributed by atoms with Gasteiger partial charge in [-0.25, -0.2) is 4.98 Å². The van der Waals surface area contributed by atoms with Gasteiger partial charge in [-0.1, -0.05) is 19.9 Å². The minimum absolute atomic E-state index is 0.163. The van der Waals surface area contributed by atoms with E-state index in [1.165, 1.54) is 17.0 Å². The highest BCUT2D eigenvalue weighted by molar-refractivity contribution is 5.78. The Bertz CT molecular complexity index is 657. The van der Waals surface area contributed by atoms with Gasteiger partial charge in [-0.3, -0.25) is 0 Å².